The topological polar surface area (TPSA) is 60.8 Å². The number of hydrogen-bond donors (Lipinski definition) is 0. The molecular weight excluding hydrogens is 637 g/mol. The fourth-order valence-electron chi connectivity index (χ4n) is 8.14. The van der Waals surface area contributed by atoms with Gasteiger partial charge in [-0.25, -0.2) is 15.0 Å². The third-order valence-electron chi connectivity index (χ3n) is 10.5. The van der Waals surface area contributed by atoms with Crippen LogP contribution in [-0.2, 0) is 5.41 Å². The van der Waals surface area contributed by atoms with Crippen LogP contribution in [0.2, 0.25) is 0 Å². The number of fused-ring (bicyclic) bond motifs is 9. The van der Waals surface area contributed by atoms with Gasteiger partial charge in [0.15, 0.2) is 17.5 Å². The van der Waals surface area contributed by atoms with Crippen molar-refractivity contribution in [3.8, 4) is 67.9 Å². The van der Waals surface area contributed by atoms with Gasteiger partial charge in [-0.1, -0.05) is 127 Å². The molecule has 0 amide bonds. The van der Waals surface area contributed by atoms with Crippen molar-refractivity contribution >= 4 is 0 Å². The number of aromatic nitrogens is 4. The summed E-state index contributed by atoms with van der Waals surface area (Å²) in [7, 11) is 0. The number of ether oxygens (including phenoxy) is 1. The molecule has 0 N–H and O–H groups in total. The van der Waals surface area contributed by atoms with Gasteiger partial charge in [0.25, 0.3) is 0 Å². The molecule has 3 heterocycles. The molecule has 1 aliphatic carbocycles. The number of rotatable bonds is 4. The summed E-state index contributed by atoms with van der Waals surface area (Å²) < 4.78 is 6.68. The van der Waals surface area contributed by atoms with Crippen LogP contribution in [0.4, 0.5) is 0 Å². The van der Waals surface area contributed by atoms with Crippen LogP contribution in [0.3, 0.4) is 0 Å². The van der Waals surface area contributed by atoms with E-state index in [2.05, 4.69) is 133 Å². The fraction of sp³-hybridized carbons (Fsp3) is 0.0638. The first kappa shape index (κ1) is 30.1. The normalized spacial score (nSPS) is 13.1. The smallest absolute Gasteiger partial charge is 0.164 e. The summed E-state index contributed by atoms with van der Waals surface area (Å²) in [6.07, 6.45) is 0. The highest BCUT2D eigenvalue weighted by molar-refractivity contribution is 5.89. The SMILES string of the molecule is Cc1ccc(-c2ccc(-c3nc(-c4ccccc4)nc(-c4ccc5c(c4)C4(c6ccccc6O5)c5ccccc5-c5ccccc54)n3)cc2)c(C)n1. The Bertz CT molecular complexity index is 2640. The van der Waals surface area contributed by atoms with Crippen LogP contribution in [0, 0.1) is 13.8 Å². The van der Waals surface area contributed by atoms with Gasteiger partial charge < -0.3 is 4.74 Å². The Balaban J connectivity index is 1.17. The molecule has 0 unspecified atom stereocenters. The second-order valence-corrected chi connectivity index (χ2v) is 13.5. The lowest BCUT2D eigenvalue weighted by Crippen LogP contribution is -2.32. The van der Waals surface area contributed by atoms with Crippen molar-refractivity contribution in [3.05, 3.63) is 191 Å². The molecule has 0 saturated carbocycles. The molecule has 2 aromatic heterocycles. The molecule has 5 heteroatoms. The van der Waals surface area contributed by atoms with E-state index >= 15 is 0 Å². The van der Waals surface area contributed by atoms with E-state index in [0.29, 0.717) is 17.5 Å². The van der Waals surface area contributed by atoms with Crippen molar-refractivity contribution in [1.29, 1.82) is 0 Å². The predicted octanol–water partition coefficient (Wildman–Crippen LogP) is 11.0. The summed E-state index contributed by atoms with van der Waals surface area (Å²) in [5, 5.41) is 0. The first-order valence-electron chi connectivity index (χ1n) is 17.6. The minimum absolute atomic E-state index is 0.579. The lowest BCUT2D eigenvalue weighted by Gasteiger charge is -2.39. The number of pyridine rings is 1. The molecule has 0 fully saturated rings. The largest absolute Gasteiger partial charge is 0.457 e. The average molecular weight is 669 g/mol. The van der Waals surface area contributed by atoms with E-state index < -0.39 is 5.41 Å². The van der Waals surface area contributed by atoms with E-state index in [4.69, 9.17) is 19.7 Å². The maximum absolute atomic E-state index is 6.68. The fourth-order valence-corrected chi connectivity index (χ4v) is 8.14. The third kappa shape index (κ3) is 4.56. The minimum Gasteiger partial charge on any atom is -0.457 e. The number of aryl methyl sites for hydroxylation is 2. The minimum atomic E-state index is -0.579. The Morgan fingerprint density at radius 3 is 1.58 bits per heavy atom. The number of benzene rings is 6. The average Bonchev–Trinajstić information content (AvgIpc) is 3.49. The zero-order chi connectivity index (χ0) is 34.8. The Hall–Kier alpha value is -6.72. The Kier molecular flexibility index (Phi) is 6.77. The monoisotopic (exact) mass is 668 g/mol. The predicted molar refractivity (Wildman–Crippen MR) is 206 cm³/mol. The van der Waals surface area contributed by atoms with Crippen LogP contribution in [0.25, 0.3) is 56.4 Å². The second kappa shape index (κ2) is 11.7. The van der Waals surface area contributed by atoms with Crippen molar-refractivity contribution in [2.24, 2.45) is 0 Å². The summed E-state index contributed by atoms with van der Waals surface area (Å²) >= 11 is 0. The maximum Gasteiger partial charge on any atom is 0.164 e. The first-order valence-corrected chi connectivity index (χ1v) is 17.6. The quantitative estimate of drug-likeness (QED) is 0.187. The van der Waals surface area contributed by atoms with E-state index in [0.717, 1.165) is 61.8 Å². The van der Waals surface area contributed by atoms with Gasteiger partial charge in [0.05, 0.1) is 5.41 Å². The van der Waals surface area contributed by atoms with E-state index in [-0.39, 0.29) is 0 Å². The summed E-state index contributed by atoms with van der Waals surface area (Å²) in [5.74, 6) is 3.52. The Morgan fingerprint density at radius 1 is 0.385 bits per heavy atom. The highest BCUT2D eigenvalue weighted by Gasteiger charge is 2.51. The zero-order valence-electron chi connectivity index (χ0n) is 28.7. The first-order chi connectivity index (χ1) is 25.6. The van der Waals surface area contributed by atoms with Crippen molar-refractivity contribution in [3.63, 3.8) is 0 Å². The zero-order valence-corrected chi connectivity index (χ0v) is 28.7. The molecule has 1 aliphatic heterocycles. The lowest BCUT2D eigenvalue weighted by molar-refractivity contribution is 0.436. The van der Waals surface area contributed by atoms with Gasteiger partial charge in [-0.05, 0) is 72.0 Å². The molecule has 5 nitrogen and oxygen atoms in total. The molecule has 0 atom stereocenters. The van der Waals surface area contributed by atoms with Crippen LogP contribution >= 0.6 is 0 Å². The summed E-state index contributed by atoms with van der Waals surface area (Å²) in [6, 6.07) is 55.0. The molecule has 1 spiro atoms. The summed E-state index contributed by atoms with van der Waals surface area (Å²) in [6.45, 7) is 4.07. The van der Waals surface area contributed by atoms with Crippen LogP contribution in [0.5, 0.6) is 11.5 Å². The maximum atomic E-state index is 6.68. The molecule has 0 radical (unpaired) electrons. The van der Waals surface area contributed by atoms with Crippen molar-refractivity contribution in [1.82, 2.24) is 19.9 Å². The summed E-state index contributed by atoms with van der Waals surface area (Å²) in [4.78, 5) is 20.0. The Morgan fingerprint density at radius 2 is 0.904 bits per heavy atom. The van der Waals surface area contributed by atoms with Gasteiger partial charge in [0.2, 0.25) is 0 Å². The van der Waals surface area contributed by atoms with Crippen LogP contribution in [0.15, 0.2) is 158 Å². The van der Waals surface area contributed by atoms with Crippen LogP contribution in [0.1, 0.15) is 33.6 Å². The van der Waals surface area contributed by atoms with Crippen LogP contribution in [-0.4, -0.2) is 19.9 Å². The van der Waals surface area contributed by atoms with E-state index in [9.17, 15) is 0 Å². The van der Waals surface area contributed by atoms with Gasteiger partial charge in [-0.15, -0.1) is 0 Å². The third-order valence-corrected chi connectivity index (χ3v) is 10.5. The number of para-hydroxylation sites is 1. The number of nitrogens with zero attached hydrogens (tertiary/aromatic N) is 4. The van der Waals surface area contributed by atoms with Crippen molar-refractivity contribution < 1.29 is 4.74 Å². The molecule has 2 aliphatic rings. The van der Waals surface area contributed by atoms with Gasteiger partial charge in [-0.2, -0.15) is 0 Å². The standard InChI is InChI=1S/C47H32N4O/c1-29-20-26-35(30(2)48-29)31-21-23-33(24-22-31)45-49-44(32-12-4-3-5-13-32)50-46(51-45)34-25-27-43-41(28-34)47(40-18-10-11-19-42(40)52-43)38-16-8-6-14-36(38)37-15-7-9-17-39(37)47/h3-28H,1-2H3. The molecule has 8 aromatic rings. The van der Waals surface area contributed by atoms with Gasteiger partial charge in [0, 0.05) is 44.8 Å². The Labute approximate surface area is 302 Å². The van der Waals surface area contributed by atoms with Crippen molar-refractivity contribution in [2.45, 2.75) is 19.3 Å². The van der Waals surface area contributed by atoms with Gasteiger partial charge >= 0.3 is 0 Å². The molecule has 0 bridgehead atoms. The molecule has 52 heavy (non-hydrogen) atoms. The second-order valence-electron chi connectivity index (χ2n) is 13.5. The van der Waals surface area contributed by atoms with Crippen molar-refractivity contribution in [2.75, 3.05) is 0 Å². The molecule has 246 valence electrons. The van der Waals surface area contributed by atoms with E-state index in [1.165, 1.54) is 22.3 Å². The lowest BCUT2D eigenvalue weighted by atomic mass is 9.66. The van der Waals surface area contributed by atoms with E-state index in [1.54, 1.807) is 0 Å². The molecular formula is C47H32N4O. The number of hydrogen-bond acceptors (Lipinski definition) is 5. The highest BCUT2D eigenvalue weighted by atomic mass is 16.5. The van der Waals surface area contributed by atoms with Gasteiger partial charge in [0.1, 0.15) is 11.5 Å². The molecule has 6 aromatic carbocycles. The molecule has 10 rings (SSSR count). The molecule has 0 saturated heterocycles. The summed E-state index contributed by atoms with van der Waals surface area (Å²) in [5.41, 5.74) is 13.5. The van der Waals surface area contributed by atoms with E-state index in [1.807, 2.05) is 43.3 Å². The highest BCUT2D eigenvalue weighted by Crippen LogP contribution is 2.62. The van der Waals surface area contributed by atoms with Gasteiger partial charge in [-0.3, -0.25) is 4.98 Å². The van der Waals surface area contributed by atoms with Crippen LogP contribution < -0.4 is 4.74 Å².